The Kier molecular flexibility index (Phi) is 4.40. The largest absolute Gasteiger partial charge is 0.334 e. The smallest absolute Gasteiger partial charge is 0.130 e. The number of hydrogen-bond acceptors (Lipinski definition) is 2. The SMILES string of the molecule is CCn1ccnc1C(NC)c1cccc(C)c1I. The van der Waals surface area contributed by atoms with Crippen LogP contribution < -0.4 is 5.32 Å². The summed E-state index contributed by atoms with van der Waals surface area (Å²) >= 11 is 2.42. The van der Waals surface area contributed by atoms with Crippen LogP contribution >= 0.6 is 22.6 Å². The molecule has 0 spiro atoms. The first-order valence-electron chi connectivity index (χ1n) is 6.12. The van der Waals surface area contributed by atoms with Crippen molar-refractivity contribution in [1.82, 2.24) is 14.9 Å². The van der Waals surface area contributed by atoms with E-state index in [1.165, 1.54) is 14.7 Å². The molecule has 3 nitrogen and oxygen atoms in total. The molecule has 0 saturated carbocycles. The van der Waals surface area contributed by atoms with Crippen LogP contribution in [0.25, 0.3) is 0 Å². The molecule has 96 valence electrons. The zero-order chi connectivity index (χ0) is 13.1. The van der Waals surface area contributed by atoms with E-state index in [-0.39, 0.29) is 6.04 Å². The number of imidazole rings is 1. The average Bonchev–Trinajstić information content (AvgIpc) is 2.83. The van der Waals surface area contributed by atoms with Gasteiger partial charge in [0.1, 0.15) is 5.82 Å². The van der Waals surface area contributed by atoms with Crippen molar-refractivity contribution in [2.75, 3.05) is 7.05 Å². The Labute approximate surface area is 122 Å². The van der Waals surface area contributed by atoms with Gasteiger partial charge in [0.05, 0.1) is 6.04 Å². The highest BCUT2D eigenvalue weighted by Gasteiger charge is 2.19. The minimum Gasteiger partial charge on any atom is -0.334 e. The van der Waals surface area contributed by atoms with Gasteiger partial charge in [0.25, 0.3) is 0 Å². The second-order valence-corrected chi connectivity index (χ2v) is 5.35. The molecule has 0 aliphatic heterocycles. The van der Waals surface area contributed by atoms with E-state index in [1.54, 1.807) is 0 Å². The highest BCUT2D eigenvalue weighted by Crippen LogP contribution is 2.27. The van der Waals surface area contributed by atoms with Gasteiger partial charge in [-0.25, -0.2) is 4.98 Å². The molecule has 2 rings (SSSR count). The lowest BCUT2D eigenvalue weighted by Gasteiger charge is -2.19. The van der Waals surface area contributed by atoms with Gasteiger partial charge in [0.2, 0.25) is 0 Å². The highest BCUT2D eigenvalue weighted by molar-refractivity contribution is 14.1. The van der Waals surface area contributed by atoms with E-state index in [4.69, 9.17) is 0 Å². The van der Waals surface area contributed by atoms with Gasteiger partial charge in [-0.1, -0.05) is 18.2 Å². The van der Waals surface area contributed by atoms with Crippen molar-refractivity contribution in [2.45, 2.75) is 26.4 Å². The number of rotatable bonds is 4. The molecular weight excluding hydrogens is 337 g/mol. The van der Waals surface area contributed by atoms with Crippen LogP contribution in [0, 0.1) is 10.5 Å². The molecule has 0 bridgehead atoms. The van der Waals surface area contributed by atoms with Crippen LogP contribution in [0.3, 0.4) is 0 Å². The zero-order valence-electron chi connectivity index (χ0n) is 10.9. The minimum absolute atomic E-state index is 0.145. The maximum atomic E-state index is 4.50. The van der Waals surface area contributed by atoms with Crippen molar-refractivity contribution < 1.29 is 0 Å². The fourth-order valence-electron chi connectivity index (χ4n) is 2.17. The molecule has 0 aliphatic carbocycles. The van der Waals surface area contributed by atoms with Gasteiger partial charge >= 0.3 is 0 Å². The summed E-state index contributed by atoms with van der Waals surface area (Å²) in [6.07, 6.45) is 3.90. The maximum absolute atomic E-state index is 4.50. The molecule has 1 aromatic heterocycles. The van der Waals surface area contributed by atoms with Crippen LogP contribution in [0.5, 0.6) is 0 Å². The summed E-state index contributed by atoms with van der Waals surface area (Å²) < 4.78 is 3.49. The molecule has 0 fully saturated rings. The van der Waals surface area contributed by atoms with Crippen LogP contribution in [-0.4, -0.2) is 16.6 Å². The zero-order valence-corrected chi connectivity index (χ0v) is 13.1. The van der Waals surface area contributed by atoms with Gasteiger partial charge in [0.15, 0.2) is 0 Å². The summed E-state index contributed by atoms with van der Waals surface area (Å²) in [6.45, 7) is 5.22. The molecule has 0 saturated heterocycles. The molecule has 1 N–H and O–H groups in total. The van der Waals surface area contributed by atoms with Gasteiger partial charge in [-0.3, -0.25) is 0 Å². The Morgan fingerprint density at radius 2 is 2.22 bits per heavy atom. The third-order valence-electron chi connectivity index (χ3n) is 3.17. The monoisotopic (exact) mass is 355 g/mol. The minimum atomic E-state index is 0.145. The number of halogens is 1. The predicted molar refractivity (Wildman–Crippen MR) is 82.7 cm³/mol. The fourth-order valence-corrected chi connectivity index (χ4v) is 2.84. The third kappa shape index (κ3) is 2.44. The van der Waals surface area contributed by atoms with E-state index < -0.39 is 0 Å². The summed E-state index contributed by atoms with van der Waals surface area (Å²) in [6, 6.07) is 6.57. The van der Waals surface area contributed by atoms with Crippen molar-refractivity contribution >= 4 is 22.6 Å². The molecule has 1 unspecified atom stereocenters. The number of nitrogens with one attached hydrogen (secondary N) is 1. The normalized spacial score (nSPS) is 12.7. The fraction of sp³-hybridized carbons (Fsp3) is 0.357. The number of hydrogen-bond donors (Lipinski definition) is 1. The first-order chi connectivity index (χ1) is 8.69. The Morgan fingerprint density at radius 1 is 1.44 bits per heavy atom. The van der Waals surface area contributed by atoms with Gasteiger partial charge in [-0.15, -0.1) is 0 Å². The van der Waals surface area contributed by atoms with Gasteiger partial charge in [-0.2, -0.15) is 0 Å². The molecule has 1 aromatic carbocycles. The van der Waals surface area contributed by atoms with E-state index in [0.717, 1.165) is 12.4 Å². The maximum Gasteiger partial charge on any atom is 0.130 e. The Morgan fingerprint density at radius 3 is 2.89 bits per heavy atom. The van der Waals surface area contributed by atoms with Crippen LogP contribution in [0.2, 0.25) is 0 Å². The van der Waals surface area contributed by atoms with Crippen molar-refractivity contribution in [3.63, 3.8) is 0 Å². The van der Waals surface area contributed by atoms with E-state index in [0.29, 0.717) is 0 Å². The topological polar surface area (TPSA) is 29.9 Å². The summed E-state index contributed by atoms with van der Waals surface area (Å²) in [5.74, 6) is 1.07. The average molecular weight is 355 g/mol. The summed E-state index contributed by atoms with van der Waals surface area (Å²) in [5.41, 5.74) is 2.60. The molecule has 0 radical (unpaired) electrons. The number of benzene rings is 1. The number of aromatic nitrogens is 2. The van der Waals surface area contributed by atoms with Crippen molar-refractivity contribution in [1.29, 1.82) is 0 Å². The van der Waals surface area contributed by atoms with Crippen molar-refractivity contribution in [3.05, 3.63) is 51.1 Å². The van der Waals surface area contributed by atoms with E-state index in [2.05, 4.69) is 69.5 Å². The van der Waals surface area contributed by atoms with E-state index in [9.17, 15) is 0 Å². The Hall–Kier alpha value is -0.880. The molecular formula is C14H18IN3. The molecule has 4 heteroatoms. The third-order valence-corrected chi connectivity index (χ3v) is 4.64. The molecule has 0 amide bonds. The van der Waals surface area contributed by atoms with Gasteiger partial charge in [-0.05, 0) is 54.6 Å². The van der Waals surface area contributed by atoms with E-state index in [1.807, 2.05) is 19.4 Å². The number of aryl methyl sites for hydroxylation is 2. The molecule has 2 aromatic rings. The second kappa shape index (κ2) is 5.84. The predicted octanol–water partition coefficient (Wildman–Crippen LogP) is 3.12. The quantitative estimate of drug-likeness (QED) is 0.855. The van der Waals surface area contributed by atoms with Crippen LogP contribution in [-0.2, 0) is 6.54 Å². The Balaban J connectivity index is 2.49. The lowest BCUT2D eigenvalue weighted by Crippen LogP contribution is -2.23. The summed E-state index contributed by atoms with van der Waals surface area (Å²) in [4.78, 5) is 4.50. The van der Waals surface area contributed by atoms with Gasteiger partial charge < -0.3 is 9.88 Å². The highest BCUT2D eigenvalue weighted by atomic mass is 127. The van der Waals surface area contributed by atoms with Crippen LogP contribution in [0.15, 0.2) is 30.6 Å². The van der Waals surface area contributed by atoms with Crippen molar-refractivity contribution in [2.24, 2.45) is 0 Å². The lowest BCUT2D eigenvalue weighted by molar-refractivity contribution is 0.588. The first kappa shape index (κ1) is 13.5. The molecule has 18 heavy (non-hydrogen) atoms. The standard InChI is InChI=1S/C14H18IN3/c1-4-18-9-8-17-14(18)13(16-3)11-7-5-6-10(2)12(11)15/h5-9,13,16H,4H2,1-3H3. The Bertz CT molecular complexity index is 534. The van der Waals surface area contributed by atoms with Gasteiger partial charge in [0, 0.05) is 22.5 Å². The summed E-state index contributed by atoms with van der Waals surface area (Å²) in [5, 5.41) is 3.38. The van der Waals surface area contributed by atoms with Crippen molar-refractivity contribution in [3.8, 4) is 0 Å². The summed E-state index contributed by atoms with van der Waals surface area (Å²) in [7, 11) is 1.98. The van der Waals surface area contributed by atoms with Crippen LogP contribution in [0.4, 0.5) is 0 Å². The van der Waals surface area contributed by atoms with E-state index >= 15 is 0 Å². The lowest BCUT2D eigenvalue weighted by atomic mass is 10.0. The second-order valence-electron chi connectivity index (χ2n) is 4.27. The number of nitrogens with zero attached hydrogens (tertiary/aromatic N) is 2. The van der Waals surface area contributed by atoms with Crippen LogP contribution in [0.1, 0.15) is 29.9 Å². The molecule has 1 heterocycles. The molecule has 0 aliphatic rings. The first-order valence-corrected chi connectivity index (χ1v) is 7.20. The molecule has 1 atom stereocenters.